The third-order valence-corrected chi connectivity index (χ3v) is 1.28. The molecule has 0 aliphatic rings. The zero-order valence-electron chi connectivity index (χ0n) is 8.42. The summed E-state index contributed by atoms with van der Waals surface area (Å²) in [5, 5.41) is 0. The fourth-order valence-corrected chi connectivity index (χ4v) is 0.914. The molecule has 0 heterocycles. The van der Waals surface area contributed by atoms with Crippen LogP contribution >= 0.6 is 12.4 Å². The average molecular weight is 194 g/mol. The van der Waals surface area contributed by atoms with Gasteiger partial charge in [0.1, 0.15) is 7.05 Å². The highest BCUT2D eigenvalue weighted by Gasteiger charge is 1.97. The van der Waals surface area contributed by atoms with Crippen LogP contribution in [0, 0.1) is 0 Å². The molecule has 0 saturated heterocycles. The molecule has 0 rings (SSSR count). The van der Waals surface area contributed by atoms with Gasteiger partial charge in [-0.1, -0.05) is 6.92 Å². The van der Waals surface area contributed by atoms with Gasteiger partial charge in [-0.3, -0.25) is 0 Å². The Balaban J connectivity index is 0. The Morgan fingerprint density at radius 2 is 1.83 bits per heavy atom. The molecule has 72 valence electrons. The highest BCUT2D eigenvalue weighted by atomic mass is 35.5. The first kappa shape index (κ1) is 14.0. The minimum Gasteiger partial charge on any atom is -0.185 e. The van der Waals surface area contributed by atoms with E-state index < -0.39 is 0 Å². The number of nitrogens with zero attached hydrogens (tertiary/aromatic N) is 2. The van der Waals surface area contributed by atoms with Crippen LogP contribution < -0.4 is 5.43 Å². The molecular weight excluding hydrogens is 174 g/mol. The van der Waals surface area contributed by atoms with Crippen LogP contribution in [0.1, 0.15) is 20.3 Å². The van der Waals surface area contributed by atoms with Gasteiger partial charge in [0.05, 0.1) is 6.54 Å². The molecule has 0 amide bonds. The lowest BCUT2D eigenvalue weighted by molar-refractivity contribution is -0.596. The van der Waals surface area contributed by atoms with E-state index in [1.165, 1.54) is 0 Å². The first-order chi connectivity index (χ1) is 5.20. The second-order valence-electron chi connectivity index (χ2n) is 2.59. The molecule has 0 bridgehead atoms. The van der Waals surface area contributed by atoms with Crippen molar-refractivity contribution < 1.29 is 9.26 Å². The maximum Gasteiger partial charge on any atom is 0.507 e. The highest BCUT2D eigenvalue weighted by Crippen LogP contribution is 1.72. The normalized spacial score (nSPS) is 8.00. The molecule has 0 fully saturated rings. The summed E-state index contributed by atoms with van der Waals surface area (Å²) in [7, 11) is 3.98. The van der Waals surface area contributed by atoms with Crippen molar-refractivity contribution >= 4 is 18.4 Å². The van der Waals surface area contributed by atoms with E-state index in [1.807, 2.05) is 23.4 Å². The van der Waals surface area contributed by atoms with Gasteiger partial charge in [-0.25, -0.2) is 0 Å². The van der Waals surface area contributed by atoms with Crippen molar-refractivity contribution in [2.24, 2.45) is 0 Å². The first-order valence-electron chi connectivity index (χ1n) is 4.15. The minimum atomic E-state index is 0. The molecule has 0 atom stereocenters. The van der Waals surface area contributed by atoms with Crippen LogP contribution in [0.25, 0.3) is 0 Å². The van der Waals surface area contributed by atoms with Crippen molar-refractivity contribution in [1.82, 2.24) is 5.43 Å². The molecule has 4 heteroatoms. The van der Waals surface area contributed by atoms with Gasteiger partial charge in [-0.2, -0.15) is 5.43 Å². The SMILES string of the molecule is CCC[N+](C)=C=[N+](C)NCC.Cl. The summed E-state index contributed by atoms with van der Waals surface area (Å²) in [6.07, 6.45) is 1.16. The Hall–Kier alpha value is -0.530. The van der Waals surface area contributed by atoms with Crippen LogP contribution in [0.2, 0.25) is 0 Å². The predicted molar refractivity (Wildman–Crippen MR) is 53.5 cm³/mol. The van der Waals surface area contributed by atoms with Crippen molar-refractivity contribution in [3.8, 4) is 0 Å². The number of halogens is 1. The molecule has 0 spiro atoms. The van der Waals surface area contributed by atoms with E-state index in [1.54, 1.807) is 0 Å². The van der Waals surface area contributed by atoms with E-state index in [-0.39, 0.29) is 12.4 Å². The van der Waals surface area contributed by atoms with Crippen LogP contribution in [0.3, 0.4) is 0 Å². The van der Waals surface area contributed by atoms with E-state index in [4.69, 9.17) is 0 Å². The molecule has 0 radical (unpaired) electrons. The number of nitrogens with one attached hydrogen (secondary N) is 1. The van der Waals surface area contributed by atoms with Crippen molar-refractivity contribution in [2.45, 2.75) is 20.3 Å². The molecule has 0 aliphatic carbocycles. The Morgan fingerprint density at radius 3 is 2.25 bits per heavy atom. The highest BCUT2D eigenvalue weighted by molar-refractivity contribution is 5.85. The van der Waals surface area contributed by atoms with Gasteiger partial charge in [0.2, 0.25) is 0 Å². The van der Waals surface area contributed by atoms with Gasteiger partial charge in [-0.05, 0) is 11.6 Å². The molecule has 1 N–H and O–H groups in total. The lowest BCUT2D eigenvalue weighted by Crippen LogP contribution is -2.26. The summed E-state index contributed by atoms with van der Waals surface area (Å²) >= 11 is 0. The Morgan fingerprint density at radius 1 is 1.25 bits per heavy atom. The van der Waals surface area contributed by atoms with E-state index >= 15 is 0 Å². The van der Waals surface area contributed by atoms with Crippen molar-refractivity contribution in [1.29, 1.82) is 0 Å². The largest absolute Gasteiger partial charge is 0.507 e. The second kappa shape index (κ2) is 8.57. The zero-order valence-corrected chi connectivity index (χ0v) is 9.24. The monoisotopic (exact) mass is 193 g/mol. The van der Waals surface area contributed by atoms with E-state index in [9.17, 15) is 0 Å². The van der Waals surface area contributed by atoms with E-state index in [2.05, 4.69) is 25.3 Å². The van der Waals surface area contributed by atoms with Crippen LogP contribution in [-0.2, 0) is 0 Å². The predicted octanol–water partition coefficient (Wildman–Crippen LogP) is 0.801. The van der Waals surface area contributed by atoms with E-state index in [0.29, 0.717) is 0 Å². The molecule has 12 heavy (non-hydrogen) atoms. The Labute approximate surface area is 81.2 Å². The van der Waals surface area contributed by atoms with Gasteiger partial charge >= 0.3 is 6.01 Å². The fraction of sp³-hybridized carbons (Fsp3) is 0.875. The van der Waals surface area contributed by atoms with Crippen molar-refractivity contribution in [3.05, 3.63) is 0 Å². The van der Waals surface area contributed by atoms with Gasteiger partial charge in [0.25, 0.3) is 0 Å². The summed E-state index contributed by atoms with van der Waals surface area (Å²) in [5.74, 6) is 0. The molecule has 0 aromatic rings. The molecule has 0 aliphatic heterocycles. The number of hydrogen-bond donors (Lipinski definition) is 1. The van der Waals surface area contributed by atoms with E-state index in [0.717, 1.165) is 19.5 Å². The Bertz CT molecular complexity index is 155. The third kappa shape index (κ3) is 7.58. The molecule has 0 unspecified atom stereocenters. The number of rotatable bonds is 4. The van der Waals surface area contributed by atoms with Crippen LogP contribution in [0.15, 0.2) is 0 Å². The average Bonchev–Trinajstić information content (AvgIpc) is 1.87. The third-order valence-electron chi connectivity index (χ3n) is 1.28. The molecule has 0 aromatic carbocycles. The maximum absolute atomic E-state index is 3.14. The standard InChI is InChI=1S/C8H19N3.ClH/c1-5-7-10(3)8-11(4)9-6-2;/h9H,5-7H2,1-4H3;1H/q+2;. The number of hydrogen-bond acceptors (Lipinski definition) is 1. The quantitative estimate of drug-likeness (QED) is 0.398. The molecule has 0 saturated carbocycles. The Kier molecular flexibility index (Phi) is 10.0. The van der Waals surface area contributed by atoms with Gasteiger partial charge in [0, 0.05) is 6.42 Å². The summed E-state index contributed by atoms with van der Waals surface area (Å²) in [6.45, 7) is 6.21. The van der Waals surface area contributed by atoms with Gasteiger partial charge < -0.3 is 0 Å². The maximum atomic E-state index is 3.14. The second-order valence-corrected chi connectivity index (χ2v) is 2.59. The van der Waals surface area contributed by atoms with Gasteiger partial charge in [0.15, 0.2) is 13.6 Å². The van der Waals surface area contributed by atoms with Crippen LogP contribution in [-0.4, -0.2) is 42.5 Å². The number of hydrazone groups is 1. The van der Waals surface area contributed by atoms with Gasteiger partial charge in [-0.15, -0.1) is 17.0 Å². The van der Waals surface area contributed by atoms with Crippen LogP contribution in [0.5, 0.6) is 0 Å². The zero-order chi connectivity index (χ0) is 8.69. The van der Waals surface area contributed by atoms with Crippen molar-refractivity contribution in [2.75, 3.05) is 27.2 Å². The summed E-state index contributed by atoms with van der Waals surface area (Å²) < 4.78 is 3.90. The topological polar surface area (TPSA) is 18.0 Å². The molecule has 0 aromatic heterocycles. The first-order valence-corrected chi connectivity index (χ1v) is 4.15. The van der Waals surface area contributed by atoms with Crippen LogP contribution in [0.4, 0.5) is 0 Å². The summed E-state index contributed by atoms with van der Waals surface area (Å²) in [6, 6.07) is 3.14. The molecular formula is C8H20ClN3+2. The lowest BCUT2D eigenvalue weighted by atomic mass is 10.5. The number of hydrazine groups is 1. The minimum absolute atomic E-state index is 0. The van der Waals surface area contributed by atoms with Crippen molar-refractivity contribution in [3.63, 3.8) is 0 Å². The summed E-state index contributed by atoms with van der Waals surface area (Å²) in [4.78, 5) is 0. The fourth-order valence-electron chi connectivity index (χ4n) is 0.914. The summed E-state index contributed by atoms with van der Waals surface area (Å²) in [5.41, 5.74) is 3.12. The molecule has 3 nitrogen and oxygen atoms in total. The lowest BCUT2D eigenvalue weighted by Gasteiger charge is -1.88. The smallest absolute Gasteiger partial charge is 0.185 e.